The van der Waals surface area contributed by atoms with E-state index in [0.717, 1.165) is 28.8 Å². The van der Waals surface area contributed by atoms with Gasteiger partial charge in [0.15, 0.2) is 0 Å². The number of amides is 1. The molecule has 0 radical (unpaired) electrons. The van der Waals surface area contributed by atoms with Gasteiger partial charge >= 0.3 is 0 Å². The second kappa shape index (κ2) is 6.80. The number of benzene rings is 1. The molecule has 4 heteroatoms. The van der Waals surface area contributed by atoms with Gasteiger partial charge in [-0.15, -0.1) is 0 Å². The number of rotatable bonds is 3. The highest BCUT2D eigenvalue weighted by atomic mass is 16.2. The van der Waals surface area contributed by atoms with Gasteiger partial charge in [-0.05, 0) is 42.3 Å². The van der Waals surface area contributed by atoms with E-state index in [4.69, 9.17) is 0 Å². The van der Waals surface area contributed by atoms with Crippen LogP contribution in [0.25, 0.3) is 16.7 Å². The first-order valence-electron chi connectivity index (χ1n) is 8.96. The van der Waals surface area contributed by atoms with Crippen LogP contribution in [0.2, 0.25) is 0 Å². The molecule has 2 heterocycles. The number of fused-ring (bicyclic) bond motifs is 1. The largest absolute Gasteiger partial charge is 0.345 e. The van der Waals surface area contributed by atoms with Crippen molar-refractivity contribution in [3.05, 3.63) is 89.0 Å². The average Bonchev–Trinajstić information content (AvgIpc) is 3.03. The molecule has 1 aliphatic carbocycles. The van der Waals surface area contributed by atoms with Crippen molar-refractivity contribution in [1.29, 1.82) is 0 Å². The minimum absolute atomic E-state index is 0.00395. The van der Waals surface area contributed by atoms with E-state index in [-0.39, 0.29) is 5.91 Å². The summed E-state index contributed by atoms with van der Waals surface area (Å²) in [4.78, 5) is 22.6. The molecular weight excluding hydrogens is 334 g/mol. The lowest BCUT2D eigenvalue weighted by Gasteiger charge is -2.11. The molecule has 0 fully saturated rings. The van der Waals surface area contributed by atoms with Crippen LogP contribution in [0, 0.1) is 0 Å². The molecule has 4 rings (SSSR count). The van der Waals surface area contributed by atoms with Crippen molar-refractivity contribution in [2.24, 2.45) is 0 Å². The van der Waals surface area contributed by atoms with Crippen LogP contribution in [-0.4, -0.2) is 34.9 Å². The molecule has 2 aromatic heterocycles. The molecule has 4 nitrogen and oxygen atoms in total. The molecule has 1 amide bonds. The van der Waals surface area contributed by atoms with Gasteiger partial charge in [-0.1, -0.05) is 23.8 Å². The van der Waals surface area contributed by atoms with E-state index in [1.165, 1.54) is 16.7 Å². The third-order valence-electron chi connectivity index (χ3n) is 4.92. The van der Waals surface area contributed by atoms with Crippen molar-refractivity contribution in [2.75, 3.05) is 14.1 Å². The first-order valence-corrected chi connectivity index (χ1v) is 8.96. The molecule has 3 aromatic rings. The molecule has 0 unspecified atom stereocenters. The molecule has 0 N–H and O–H groups in total. The van der Waals surface area contributed by atoms with Crippen molar-refractivity contribution < 1.29 is 4.79 Å². The molecule has 0 bridgehead atoms. The lowest BCUT2D eigenvalue weighted by Crippen LogP contribution is -2.21. The summed E-state index contributed by atoms with van der Waals surface area (Å²) in [7, 11) is 3.52. The van der Waals surface area contributed by atoms with Gasteiger partial charge in [-0.2, -0.15) is 0 Å². The Bertz CT molecular complexity index is 1050. The second-order valence-corrected chi connectivity index (χ2v) is 7.07. The van der Waals surface area contributed by atoms with Crippen molar-refractivity contribution in [2.45, 2.75) is 13.3 Å². The van der Waals surface area contributed by atoms with E-state index in [1.54, 1.807) is 19.0 Å². The van der Waals surface area contributed by atoms with Gasteiger partial charge < -0.3 is 4.90 Å². The third-order valence-corrected chi connectivity index (χ3v) is 4.92. The standard InChI is InChI=1S/C23H21N3O/c1-15-11-21-20(5-4-10-25-21)22(15)19-12-18(13-24-14-19)16-6-8-17(9-7-16)23(27)26(2)3/h4-10,12-14H,11H2,1-3H3. The summed E-state index contributed by atoms with van der Waals surface area (Å²) in [6.07, 6.45) is 6.51. The van der Waals surface area contributed by atoms with Gasteiger partial charge in [0.1, 0.15) is 0 Å². The monoisotopic (exact) mass is 355 g/mol. The van der Waals surface area contributed by atoms with Crippen LogP contribution < -0.4 is 0 Å². The average molecular weight is 355 g/mol. The lowest BCUT2D eigenvalue weighted by atomic mass is 9.97. The maximum absolute atomic E-state index is 12.1. The maximum Gasteiger partial charge on any atom is 0.253 e. The molecule has 0 spiro atoms. The van der Waals surface area contributed by atoms with E-state index in [0.29, 0.717) is 5.56 Å². The Kier molecular flexibility index (Phi) is 4.32. The first kappa shape index (κ1) is 17.2. The molecule has 134 valence electrons. The quantitative estimate of drug-likeness (QED) is 0.706. The highest BCUT2D eigenvalue weighted by Crippen LogP contribution is 2.37. The van der Waals surface area contributed by atoms with Gasteiger partial charge in [0, 0.05) is 61.4 Å². The number of aromatic nitrogens is 2. The van der Waals surface area contributed by atoms with Gasteiger partial charge in [0.05, 0.1) is 5.69 Å². The van der Waals surface area contributed by atoms with E-state index < -0.39 is 0 Å². The molecule has 0 aliphatic heterocycles. The fraction of sp³-hybridized carbons (Fsp3) is 0.174. The Morgan fingerprint density at radius 1 is 1.00 bits per heavy atom. The van der Waals surface area contributed by atoms with Crippen LogP contribution in [0.15, 0.2) is 66.6 Å². The summed E-state index contributed by atoms with van der Waals surface area (Å²) in [5.74, 6) is 0.00395. The number of allylic oxidation sites excluding steroid dienone is 1. The minimum atomic E-state index is 0.00395. The topological polar surface area (TPSA) is 46.1 Å². The molecule has 0 saturated heterocycles. The highest BCUT2D eigenvalue weighted by Gasteiger charge is 2.21. The smallest absolute Gasteiger partial charge is 0.253 e. The summed E-state index contributed by atoms with van der Waals surface area (Å²) in [6.45, 7) is 2.16. The summed E-state index contributed by atoms with van der Waals surface area (Å²) >= 11 is 0. The van der Waals surface area contributed by atoms with Crippen molar-refractivity contribution in [3.8, 4) is 11.1 Å². The van der Waals surface area contributed by atoms with Gasteiger partial charge in [-0.25, -0.2) is 0 Å². The van der Waals surface area contributed by atoms with Gasteiger partial charge in [-0.3, -0.25) is 14.8 Å². The van der Waals surface area contributed by atoms with Crippen molar-refractivity contribution >= 4 is 11.5 Å². The predicted molar refractivity (Wildman–Crippen MR) is 107 cm³/mol. The first-order chi connectivity index (χ1) is 13.0. The Morgan fingerprint density at radius 2 is 1.74 bits per heavy atom. The minimum Gasteiger partial charge on any atom is -0.345 e. The zero-order valence-corrected chi connectivity index (χ0v) is 15.7. The maximum atomic E-state index is 12.1. The summed E-state index contributed by atoms with van der Waals surface area (Å²) < 4.78 is 0. The van der Waals surface area contributed by atoms with Crippen LogP contribution in [0.5, 0.6) is 0 Å². The van der Waals surface area contributed by atoms with Crippen molar-refractivity contribution in [1.82, 2.24) is 14.9 Å². The Morgan fingerprint density at radius 3 is 2.48 bits per heavy atom. The zero-order valence-electron chi connectivity index (χ0n) is 15.7. The Hall–Kier alpha value is -3.27. The fourth-order valence-electron chi connectivity index (χ4n) is 3.58. The van der Waals surface area contributed by atoms with Crippen LogP contribution in [0.4, 0.5) is 0 Å². The number of nitrogens with zero attached hydrogens (tertiary/aromatic N) is 3. The summed E-state index contributed by atoms with van der Waals surface area (Å²) in [5.41, 5.74) is 8.73. The molecule has 27 heavy (non-hydrogen) atoms. The molecule has 0 saturated carbocycles. The summed E-state index contributed by atoms with van der Waals surface area (Å²) in [6, 6.07) is 14.0. The highest BCUT2D eigenvalue weighted by molar-refractivity contribution is 5.94. The van der Waals surface area contributed by atoms with E-state index in [9.17, 15) is 4.79 Å². The molecular formula is C23H21N3O. The normalized spacial score (nSPS) is 12.9. The van der Waals surface area contributed by atoms with E-state index >= 15 is 0 Å². The SMILES string of the molecule is CC1=C(c2cncc(-c3ccc(C(=O)N(C)C)cc3)c2)c2cccnc2C1. The molecule has 1 aliphatic rings. The molecule has 0 atom stereocenters. The Labute approximate surface area is 159 Å². The third kappa shape index (κ3) is 3.14. The van der Waals surface area contributed by atoms with E-state index in [1.807, 2.05) is 48.9 Å². The predicted octanol–water partition coefficient (Wildman–Crippen LogP) is 4.22. The number of carbonyl (C=O) groups excluding carboxylic acids is 1. The van der Waals surface area contributed by atoms with Crippen LogP contribution in [-0.2, 0) is 6.42 Å². The Balaban J connectivity index is 1.70. The summed E-state index contributed by atoms with van der Waals surface area (Å²) in [5, 5.41) is 0. The second-order valence-electron chi connectivity index (χ2n) is 7.07. The fourth-order valence-corrected chi connectivity index (χ4v) is 3.58. The van der Waals surface area contributed by atoms with Gasteiger partial charge in [0.2, 0.25) is 0 Å². The van der Waals surface area contributed by atoms with Crippen LogP contribution >= 0.6 is 0 Å². The van der Waals surface area contributed by atoms with Crippen LogP contribution in [0.3, 0.4) is 0 Å². The van der Waals surface area contributed by atoms with Crippen molar-refractivity contribution in [3.63, 3.8) is 0 Å². The molecule has 1 aromatic carbocycles. The number of hydrogen-bond donors (Lipinski definition) is 0. The zero-order chi connectivity index (χ0) is 19.0. The number of carbonyl (C=O) groups is 1. The van der Waals surface area contributed by atoms with E-state index in [2.05, 4.69) is 29.0 Å². The number of hydrogen-bond acceptors (Lipinski definition) is 3. The number of pyridine rings is 2. The van der Waals surface area contributed by atoms with Crippen LogP contribution in [0.1, 0.15) is 34.1 Å². The van der Waals surface area contributed by atoms with Gasteiger partial charge in [0.25, 0.3) is 5.91 Å². The lowest BCUT2D eigenvalue weighted by molar-refractivity contribution is 0.0827.